The van der Waals surface area contributed by atoms with E-state index in [2.05, 4.69) is 20.7 Å². The van der Waals surface area contributed by atoms with Crippen molar-refractivity contribution in [1.29, 1.82) is 0 Å². The van der Waals surface area contributed by atoms with Gasteiger partial charge in [-0.2, -0.15) is 0 Å². The van der Waals surface area contributed by atoms with Crippen LogP contribution < -0.4 is 4.74 Å². The van der Waals surface area contributed by atoms with Gasteiger partial charge in [0.25, 0.3) is 0 Å². The molecule has 0 heterocycles. The molecule has 1 aromatic rings. The second kappa shape index (κ2) is 8.87. The largest absolute Gasteiger partial charge is 0.485 e. The third-order valence-corrected chi connectivity index (χ3v) is 4.32. The molecule has 2 atom stereocenters. The van der Waals surface area contributed by atoms with Crippen molar-refractivity contribution < 1.29 is 23.8 Å². The third kappa shape index (κ3) is 5.37. The summed E-state index contributed by atoms with van der Waals surface area (Å²) in [4.78, 5) is 22.3. The first-order valence-electron chi connectivity index (χ1n) is 7.86. The average Bonchev–Trinajstić information content (AvgIpc) is 2.96. The van der Waals surface area contributed by atoms with Crippen molar-refractivity contribution in [3.05, 3.63) is 40.4 Å². The van der Waals surface area contributed by atoms with Crippen molar-refractivity contribution >= 4 is 27.9 Å². The van der Waals surface area contributed by atoms with E-state index in [0.29, 0.717) is 25.7 Å². The van der Waals surface area contributed by atoms with E-state index in [-0.39, 0.29) is 24.1 Å². The van der Waals surface area contributed by atoms with Gasteiger partial charge < -0.3 is 14.2 Å². The summed E-state index contributed by atoms with van der Waals surface area (Å²) in [6, 6.07) is 5.84. The van der Waals surface area contributed by atoms with Crippen LogP contribution in [0.25, 0.3) is 0 Å². The lowest BCUT2D eigenvalue weighted by Gasteiger charge is -2.18. The molecule has 6 heteroatoms. The maximum Gasteiger partial charge on any atom is 0.305 e. The van der Waals surface area contributed by atoms with Gasteiger partial charge in [-0.15, -0.1) is 0 Å². The third-order valence-electron chi connectivity index (χ3n) is 3.69. The molecule has 0 bridgehead atoms. The Bertz CT molecular complexity index is 626. The van der Waals surface area contributed by atoms with Gasteiger partial charge in [-0.1, -0.05) is 12.1 Å². The second-order valence-electron chi connectivity index (χ2n) is 5.58. The van der Waals surface area contributed by atoms with Gasteiger partial charge >= 0.3 is 11.9 Å². The lowest BCUT2D eigenvalue weighted by atomic mass is 10.1. The summed E-state index contributed by atoms with van der Waals surface area (Å²) in [5.74, 6) is 0.255. The molecular formula is C18H21BrO5. The van der Waals surface area contributed by atoms with Crippen molar-refractivity contribution in [2.24, 2.45) is 0 Å². The van der Waals surface area contributed by atoms with Crippen LogP contribution in [0.1, 0.15) is 31.7 Å². The summed E-state index contributed by atoms with van der Waals surface area (Å²) in [6.45, 7) is 1.40. The lowest BCUT2D eigenvalue weighted by molar-refractivity contribution is -0.144. The molecule has 0 N–H and O–H groups in total. The number of para-hydroxylation sites is 1. The van der Waals surface area contributed by atoms with Crippen molar-refractivity contribution in [3.63, 3.8) is 0 Å². The van der Waals surface area contributed by atoms with Crippen LogP contribution >= 0.6 is 15.9 Å². The molecule has 2 rings (SSSR count). The van der Waals surface area contributed by atoms with Crippen LogP contribution in [0.3, 0.4) is 0 Å². The number of hydrogen-bond donors (Lipinski definition) is 0. The fourth-order valence-electron chi connectivity index (χ4n) is 2.58. The summed E-state index contributed by atoms with van der Waals surface area (Å²) in [5, 5.41) is 0. The quantitative estimate of drug-likeness (QED) is 0.520. The van der Waals surface area contributed by atoms with Gasteiger partial charge in [0.1, 0.15) is 18.0 Å². The molecule has 0 amide bonds. The van der Waals surface area contributed by atoms with Crippen LogP contribution in [-0.2, 0) is 25.5 Å². The minimum Gasteiger partial charge on any atom is -0.485 e. The summed E-state index contributed by atoms with van der Waals surface area (Å²) < 4.78 is 16.8. The highest BCUT2D eigenvalue weighted by Crippen LogP contribution is 2.33. The van der Waals surface area contributed by atoms with Gasteiger partial charge in [0.05, 0.1) is 11.6 Å². The number of carbonyl (C=O) groups excluding carboxylic acids is 2. The SMILES string of the molecule is COC(=O)CCCc1cccc(Br)c1O[C@@H]1C=C[C@H](OC(C)=O)C1. The first-order valence-corrected chi connectivity index (χ1v) is 8.65. The van der Waals surface area contributed by atoms with Gasteiger partial charge in [-0.25, -0.2) is 0 Å². The van der Waals surface area contributed by atoms with Crippen LogP contribution in [0.15, 0.2) is 34.8 Å². The van der Waals surface area contributed by atoms with Gasteiger partial charge in [-0.3, -0.25) is 9.59 Å². The lowest BCUT2D eigenvalue weighted by Crippen LogP contribution is -2.19. The number of aryl methyl sites for hydroxylation is 1. The number of rotatable bonds is 7. The Balaban J connectivity index is 1.98. The maximum absolute atomic E-state index is 11.2. The number of esters is 2. The van der Waals surface area contributed by atoms with Crippen molar-refractivity contribution in [3.8, 4) is 5.75 Å². The van der Waals surface area contributed by atoms with E-state index in [9.17, 15) is 9.59 Å². The van der Waals surface area contributed by atoms with E-state index in [1.54, 1.807) is 0 Å². The van der Waals surface area contributed by atoms with Gasteiger partial charge in [0, 0.05) is 19.8 Å². The van der Waals surface area contributed by atoms with E-state index in [4.69, 9.17) is 9.47 Å². The standard InChI is InChI=1S/C18H21BrO5/c1-12(20)23-14-9-10-15(11-14)24-18-13(5-3-7-16(18)19)6-4-8-17(21)22-2/h3,5,7,9-10,14-15H,4,6,8,11H2,1-2H3/t14-,15+/m0/s1. The molecule has 0 spiro atoms. The zero-order valence-corrected chi connectivity index (χ0v) is 15.4. The van der Waals surface area contributed by atoms with Crippen LogP contribution in [0.4, 0.5) is 0 Å². The Morgan fingerprint density at radius 1 is 1.25 bits per heavy atom. The van der Waals surface area contributed by atoms with E-state index in [0.717, 1.165) is 15.8 Å². The molecule has 5 nitrogen and oxygen atoms in total. The molecule has 130 valence electrons. The highest BCUT2D eigenvalue weighted by Gasteiger charge is 2.24. The van der Waals surface area contributed by atoms with Gasteiger partial charge in [0.15, 0.2) is 0 Å². The number of benzene rings is 1. The van der Waals surface area contributed by atoms with Crippen LogP contribution in [0, 0.1) is 0 Å². The molecule has 24 heavy (non-hydrogen) atoms. The zero-order valence-electron chi connectivity index (χ0n) is 13.8. The normalized spacial score (nSPS) is 19.1. The summed E-state index contributed by atoms with van der Waals surface area (Å²) in [7, 11) is 1.39. The predicted molar refractivity (Wildman–Crippen MR) is 92.8 cm³/mol. The van der Waals surface area contributed by atoms with E-state index in [1.165, 1.54) is 14.0 Å². The highest BCUT2D eigenvalue weighted by molar-refractivity contribution is 9.10. The Morgan fingerprint density at radius 2 is 2.00 bits per heavy atom. The molecule has 1 aliphatic rings. The van der Waals surface area contributed by atoms with Crippen molar-refractivity contribution in [1.82, 2.24) is 0 Å². The predicted octanol–water partition coefficient (Wildman–Crippen LogP) is 3.58. The van der Waals surface area contributed by atoms with E-state index < -0.39 is 0 Å². The maximum atomic E-state index is 11.2. The first-order chi connectivity index (χ1) is 11.5. The number of carbonyl (C=O) groups is 2. The first kappa shape index (κ1) is 18.5. The van der Waals surface area contributed by atoms with E-state index in [1.807, 2.05) is 30.4 Å². The van der Waals surface area contributed by atoms with Gasteiger partial charge in [-0.05, 0) is 52.6 Å². The molecule has 0 saturated heterocycles. The molecule has 0 aliphatic heterocycles. The molecule has 0 fully saturated rings. The minimum absolute atomic E-state index is 0.146. The second-order valence-corrected chi connectivity index (χ2v) is 6.44. The van der Waals surface area contributed by atoms with Gasteiger partial charge in [0.2, 0.25) is 0 Å². The summed E-state index contributed by atoms with van der Waals surface area (Å²) in [5.41, 5.74) is 1.03. The molecule has 0 unspecified atom stereocenters. The number of ether oxygens (including phenoxy) is 3. The zero-order chi connectivity index (χ0) is 17.5. The van der Waals surface area contributed by atoms with Crippen LogP contribution in [0.5, 0.6) is 5.75 Å². The smallest absolute Gasteiger partial charge is 0.305 e. The van der Waals surface area contributed by atoms with Crippen LogP contribution in [0.2, 0.25) is 0 Å². The minimum atomic E-state index is -0.297. The molecule has 1 aliphatic carbocycles. The Morgan fingerprint density at radius 3 is 2.71 bits per heavy atom. The number of halogens is 1. The fraction of sp³-hybridized carbons (Fsp3) is 0.444. The average molecular weight is 397 g/mol. The van der Waals surface area contributed by atoms with E-state index >= 15 is 0 Å². The molecule has 1 aromatic carbocycles. The molecular weight excluding hydrogens is 376 g/mol. The monoisotopic (exact) mass is 396 g/mol. The molecule has 0 aromatic heterocycles. The fourth-order valence-corrected chi connectivity index (χ4v) is 3.08. The van der Waals surface area contributed by atoms with Crippen molar-refractivity contribution in [2.75, 3.05) is 7.11 Å². The van der Waals surface area contributed by atoms with Crippen molar-refractivity contribution in [2.45, 2.75) is 44.8 Å². The number of hydrogen-bond acceptors (Lipinski definition) is 5. The Hall–Kier alpha value is -1.82. The molecule has 0 radical (unpaired) electrons. The molecule has 0 saturated carbocycles. The summed E-state index contributed by atoms with van der Waals surface area (Å²) >= 11 is 3.52. The van der Waals surface area contributed by atoms with Crippen LogP contribution in [-0.4, -0.2) is 31.3 Å². The Labute approximate surface area is 150 Å². The topological polar surface area (TPSA) is 61.8 Å². The number of methoxy groups -OCH3 is 1. The summed E-state index contributed by atoms with van der Waals surface area (Å²) in [6.07, 6.45) is 5.75. The Kier molecular flexibility index (Phi) is 6.85. The highest BCUT2D eigenvalue weighted by atomic mass is 79.9.